The van der Waals surface area contributed by atoms with E-state index in [4.69, 9.17) is 0 Å². The monoisotopic (exact) mass is 264 g/mol. The number of nitrogens with zero attached hydrogens (tertiary/aromatic N) is 1. The Balaban J connectivity index is 0.00000324. The van der Waals surface area contributed by atoms with Gasteiger partial charge in [-0.1, -0.05) is 26.5 Å². The smallest absolute Gasteiger partial charge is 0.246 e. The third-order valence-corrected chi connectivity index (χ3v) is 3.09. The summed E-state index contributed by atoms with van der Waals surface area (Å²) >= 11 is 0. The van der Waals surface area contributed by atoms with Crippen molar-refractivity contribution in [2.24, 2.45) is 0 Å². The molecule has 106 valence electrons. The maximum atomic E-state index is 11.9. The summed E-state index contributed by atoms with van der Waals surface area (Å²) in [5.74, 6) is -0.309. The van der Waals surface area contributed by atoms with Gasteiger partial charge in [-0.2, -0.15) is 0 Å². The zero-order valence-corrected chi connectivity index (χ0v) is 11.4. The Morgan fingerprint density at radius 1 is 1.26 bits per heavy atom. The quantitative estimate of drug-likeness (QED) is 0.909. The molecule has 19 heavy (non-hydrogen) atoms. The Hall–Kier alpha value is -1.84. The number of carbonyl (C=O) groups is 2. The van der Waals surface area contributed by atoms with Crippen molar-refractivity contribution in [1.29, 1.82) is 0 Å². The fourth-order valence-corrected chi connectivity index (χ4v) is 1.52. The van der Waals surface area contributed by atoms with E-state index in [0.29, 0.717) is 0 Å². The van der Waals surface area contributed by atoms with Gasteiger partial charge in [0.1, 0.15) is 6.04 Å². The Bertz CT molecular complexity index is 426. The lowest BCUT2D eigenvalue weighted by Crippen LogP contribution is -2.42. The minimum Gasteiger partial charge on any atom is -0.334 e. The van der Waals surface area contributed by atoms with Crippen molar-refractivity contribution in [2.45, 2.75) is 40.7 Å². The lowest BCUT2D eigenvalue weighted by molar-refractivity contribution is -0.134. The van der Waals surface area contributed by atoms with Crippen molar-refractivity contribution in [2.75, 3.05) is 12.4 Å². The van der Waals surface area contributed by atoms with Gasteiger partial charge in [0.25, 0.3) is 0 Å². The summed E-state index contributed by atoms with van der Waals surface area (Å²) in [6, 6.07) is 7.23. The number of amides is 2. The van der Waals surface area contributed by atoms with Crippen molar-refractivity contribution in [3.63, 3.8) is 0 Å². The predicted molar refractivity (Wildman–Crippen MR) is 79.1 cm³/mol. The summed E-state index contributed by atoms with van der Waals surface area (Å²) in [6.45, 7) is 5.23. The van der Waals surface area contributed by atoms with Gasteiger partial charge in [0.15, 0.2) is 0 Å². The zero-order valence-electron chi connectivity index (χ0n) is 11.4. The normalized spacial score (nSPS) is 11.2. The fourth-order valence-electron chi connectivity index (χ4n) is 1.52. The molecule has 4 heteroatoms. The van der Waals surface area contributed by atoms with Gasteiger partial charge in [0, 0.05) is 19.7 Å². The molecule has 0 bridgehead atoms. The van der Waals surface area contributed by atoms with Crippen LogP contribution >= 0.6 is 0 Å². The van der Waals surface area contributed by atoms with E-state index in [1.54, 1.807) is 14.0 Å². The van der Waals surface area contributed by atoms with E-state index in [9.17, 15) is 9.59 Å². The van der Waals surface area contributed by atoms with Crippen molar-refractivity contribution < 1.29 is 9.59 Å². The molecule has 4 nitrogen and oxygen atoms in total. The molecule has 1 unspecified atom stereocenters. The van der Waals surface area contributed by atoms with Crippen LogP contribution in [0.3, 0.4) is 0 Å². The van der Waals surface area contributed by atoms with E-state index in [0.717, 1.165) is 12.1 Å². The number of benzene rings is 1. The largest absolute Gasteiger partial charge is 0.334 e. The molecule has 0 saturated heterocycles. The minimum absolute atomic E-state index is 0. The highest BCUT2D eigenvalue weighted by Gasteiger charge is 2.19. The molecule has 0 aliphatic carbocycles. The number of anilines is 1. The molecule has 0 spiro atoms. The first-order valence-corrected chi connectivity index (χ1v) is 6.09. The number of hydrogen-bond acceptors (Lipinski definition) is 2. The van der Waals surface area contributed by atoms with E-state index >= 15 is 0 Å². The molecule has 2 amide bonds. The third-order valence-electron chi connectivity index (χ3n) is 3.09. The third kappa shape index (κ3) is 4.73. The lowest BCUT2D eigenvalue weighted by Gasteiger charge is -2.22. The van der Waals surface area contributed by atoms with Crippen molar-refractivity contribution in [1.82, 2.24) is 4.90 Å². The first-order valence-electron chi connectivity index (χ1n) is 6.09. The van der Waals surface area contributed by atoms with Gasteiger partial charge in [-0.25, -0.2) is 0 Å². The number of likely N-dealkylation sites (N-methyl/N-ethyl adjacent to an activating group) is 1. The van der Waals surface area contributed by atoms with E-state index < -0.39 is 6.04 Å². The molecule has 1 aromatic carbocycles. The highest BCUT2D eigenvalue weighted by Crippen LogP contribution is 2.11. The average molecular weight is 264 g/mol. The van der Waals surface area contributed by atoms with E-state index in [1.807, 2.05) is 24.3 Å². The van der Waals surface area contributed by atoms with Crippen LogP contribution in [0.25, 0.3) is 0 Å². The lowest BCUT2D eigenvalue weighted by atomic mass is 10.1. The highest BCUT2D eigenvalue weighted by atomic mass is 16.2. The Kier molecular flexibility index (Phi) is 6.83. The van der Waals surface area contributed by atoms with Gasteiger partial charge in [-0.3, -0.25) is 9.59 Å². The standard InChI is InChI=1S/C14H20N2O2.CH4/c1-5-12-6-8-13(9-7-12)15-14(18)10(2)16(4)11(3)17;/h6-10H,5H2,1-4H3,(H,15,18);1H4. The van der Waals surface area contributed by atoms with E-state index in [-0.39, 0.29) is 19.2 Å². The zero-order chi connectivity index (χ0) is 13.7. The summed E-state index contributed by atoms with van der Waals surface area (Å²) in [4.78, 5) is 24.5. The van der Waals surface area contributed by atoms with Crippen molar-refractivity contribution >= 4 is 17.5 Å². The van der Waals surface area contributed by atoms with Gasteiger partial charge in [0.2, 0.25) is 11.8 Å². The summed E-state index contributed by atoms with van der Waals surface area (Å²) in [7, 11) is 1.62. The Morgan fingerprint density at radius 3 is 2.21 bits per heavy atom. The second-order valence-electron chi connectivity index (χ2n) is 4.35. The molecule has 0 fully saturated rings. The Morgan fingerprint density at radius 2 is 1.79 bits per heavy atom. The SMILES string of the molecule is C.CCc1ccc(NC(=O)C(C)N(C)C(C)=O)cc1. The fraction of sp³-hybridized carbons (Fsp3) is 0.467. The first kappa shape index (κ1) is 17.2. The van der Waals surface area contributed by atoms with Crippen molar-refractivity contribution in [3.05, 3.63) is 29.8 Å². The molecule has 0 aliphatic heterocycles. The second kappa shape index (κ2) is 7.56. The van der Waals surface area contributed by atoms with Gasteiger partial charge in [0.05, 0.1) is 0 Å². The summed E-state index contributed by atoms with van der Waals surface area (Å²) in [5.41, 5.74) is 1.97. The molecule has 0 radical (unpaired) electrons. The molecule has 0 aliphatic rings. The molecule has 0 aromatic heterocycles. The molecule has 1 N–H and O–H groups in total. The van der Waals surface area contributed by atoms with Crippen LogP contribution in [0.5, 0.6) is 0 Å². The molecule has 0 heterocycles. The number of rotatable bonds is 4. The van der Waals surface area contributed by atoms with E-state index in [1.165, 1.54) is 17.4 Å². The summed E-state index contributed by atoms with van der Waals surface area (Å²) in [6.07, 6.45) is 0.970. The van der Waals surface area contributed by atoms with Gasteiger partial charge < -0.3 is 10.2 Å². The Labute approximate surface area is 115 Å². The molecule has 1 rings (SSSR count). The van der Waals surface area contributed by atoms with Crippen LogP contribution in [0.1, 0.15) is 33.8 Å². The topological polar surface area (TPSA) is 49.4 Å². The second-order valence-corrected chi connectivity index (χ2v) is 4.35. The van der Waals surface area contributed by atoms with Gasteiger partial charge >= 0.3 is 0 Å². The maximum absolute atomic E-state index is 11.9. The molecular formula is C15H24N2O2. The van der Waals surface area contributed by atoms with Gasteiger partial charge in [-0.05, 0) is 31.0 Å². The van der Waals surface area contributed by atoms with Crippen LogP contribution in [0.15, 0.2) is 24.3 Å². The number of hydrogen-bond donors (Lipinski definition) is 1. The summed E-state index contributed by atoms with van der Waals surface area (Å²) in [5, 5.41) is 2.80. The van der Waals surface area contributed by atoms with Crippen LogP contribution in [0.2, 0.25) is 0 Å². The number of aryl methyl sites for hydroxylation is 1. The predicted octanol–water partition coefficient (Wildman–Crippen LogP) is 2.69. The van der Waals surface area contributed by atoms with Gasteiger partial charge in [-0.15, -0.1) is 0 Å². The van der Waals surface area contributed by atoms with Crippen LogP contribution in [-0.2, 0) is 16.0 Å². The molecular weight excluding hydrogens is 240 g/mol. The highest BCUT2D eigenvalue weighted by molar-refractivity contribution is 5.96. The average Bonchev–Trinajstić information content (AvgIpc) is 2.37. The minimum atomic E-state index is -0.478. The molecule has 0 saturated carbocycles. The van der Waals surface area contributed by atoms with Crippen LogP contribution in [-0.4, -0.2) is 29.8 Å². The number of carbonyl (C=O) groups excluding carboxylic acids is 2. The van der Waals surface area contributed by atoms with Crippen LogP contribution in [0, 0.1) is 0 Å². The molecule has 1 aromatic rings. The first-order chi connectivity index (χ1) is 8.45. The maximum Gasteiger partial charge on any atom is 0.246 e. The summed E-state index contributed by atoms with van der Waals surface area (Å²) < 4.78 is 0. The van der Waals surface area contributed by atoms with E-state index in [2.05, 4.69) is 12.2 Å². The van der Waals surface area contributed by atoms with Crippen molar-refractivity contribution in [3.8, 4) is 0 Å². The van der Waals surface area contributed by atoms with Crippen LogP contribution in [0.4, 0.5) is 5.69 Å². The van der Waals surface area contributed by atoms with Crippen LogP contribution < -0.4 is 5.32 Å². The molecule has 1 atom stereocenters. The number of nitrogens with one attached hydrogen (secondary N) is 1.